The van der Waals surface area contributed by atoms with Crippen LogP contribution in [0.15, 0.2) is 78.9 Å². The molecule has 4 aromatic rings. The fourth-order valence-corrected chi connectivity index (χ4v) is 10.2. The van der Waals surface area contributed by atoms with Gasteiger partial charge in [-0.2, -0.15) is 0 Å². The Bertz CT molecular complexity index is 1620. The molecule has 3 aromatic carbocycles. The number of rotatable bonds is 17. The van der Waals surface area contributed by atoms with Crippen molar-refractivity contribution in [2.24, 2.45) is 0 Å². The summed E-state index contributed by atoms with van der Waals surface area (Å²) in [5, 5.41) is 0. The maximum atomic E-state index is 12.7. The summed E-state index contributed by atoms with van der Waals surface area (Å²) < 4.78 is 46.7. The number of carbonyl (C=O) groups excluding carboxylic acids is 2. The molecule has 48 heavy (non-hydrogen) atoms. The van der Waals surface area contributed by atoms with E-state index in [1.54, 1.807) is 52.0 Å². The second kappa shape index (κ2) is 19.1. The van der Waals surface area contributed by atoms with Crippen molar-refractivity contribution in [3.8, 4) is 0 Å². The van der Waals surface area contributed by atoms with Crippen LogP contribution in [0.25, 0.3) is 0 Å². The van der Waals surface area contributed by atoms with Gasteiger partial charge in [0.25, 0.3) is 0 Å². The number of aldehydes is 2. The highest BCUT2D eigenvalue weighted by Crippen LogP contribution is 2.55. The van der Waals surface area contributed by atoms with Gasteiger partial charge in [-0.15, -0.1) is 11.3 Å². The van der Waals surface area contributed by atoms with E-state index in [1.165, 1.54) is 16.9 Å². The topological polar surface area (TPSA) is 108 Å². The third-order valence-corrected chi connectivity index (χ3v) is 12.6. The number of carbonyl (C=O) groups is 2. The Morgan fingerprint density at radius 1 is 0.604 bits per heavy atom. The van der Waals surface area contributed by atoms with Crippen LogP contribution in [0.1, 0.15) is 69.3 Å². The average Bonchev–Trinajstić information content (AvgIpc) is 3.40. The van der Waals surface area contributed by atoms with Crippen molar-refractivity contribution in [1.82, 2.24) is 0 Å². The fraction of sp³-hybridized carbons (Fsp3) is 0.333. The normalized spacial score (nSPS) is 11.5. The number of anilines is 3. The lowest BCUT2D eigenvalue weighted by atomic mass is 10.1. The van der Waals surface area contributed by atoms with E-state index in [0.717, 1.165) is 45.0 Å². The standard InChI is InChI=1S/C21H17NO2.C15H28O6P2S/c1-16-2-8-19(9-3-16)22(20-10-4-17(14-23)5-11-20)21-12-6-18(15-24)7-13-21;1-6-18-22(16,19-7-2)11-14-10-13(5)15(24-14)12-23(17,20-8-3)21-9-4/h2-15H,1H3;10H,6-9,11-12H2,1-5H3. The quantitative estimate of drug-likeness (QED) is 0.0780. The summed E-state index contributed by atoms with van der Waals surface area (Å²) in [6.07, 6.45) is 2.10. The van der Waals surface area contributed by atoms with Gasteiger partial charge in [0.1, 0.15) is 12.6 Å². The van der Waals surface area contributed by atoms with Crippen molar-refractivity contribution < 1.29 is 36.8 Å². The Kier molecular flexibility index (Phi) is 15.6. The van der Waals surface area contributed by atoms with Crippen molar-refractivity contribution in [2.75, 3.05) is 31.3 Å². The van der Waals surface area contributed by atoms with E-state index in [2.05, 4.69) is 29.2 Å². The summed E-state index contributed by atoms with van der Waals surface area (Å²) in [7, 11) is -6.30. The van der Waals surface area contributed by atoms with Crippen LogP contribution in [0.2, 0.25) is 0 Å². The molecule has 9 nitrogen and oxygen atoms in total. The first-order valence-electron chi connectivity index (χ1n) is 15.8. The van der Waals surface area contributed by atoms with Crippen LogP contribution in [-0.4, -0.2) is 39.0 Å². The van der Waals surface area contributed by atoms with Crippen LogP contribution in [0.4, 0.5) is 17.1 Å². The molecule has 0 unspecified atom stereocenters. The Hall–Kier alpha value is -3.20. The number of thiophene rings is 1. The molecule has 0 radical (unpaired) electrons. The first kappa shape index (κ1) is 39.2. The average molecular weight is 714 g/mol. The van der Waals surface area contributed by atoms with Gasteiger partial charge in [0.05, 0.1) is 38.8 Å². The minimum absolute atomic E-state index is 0.216. The summed E-state index contributed by atoms with van der Waals surface area (Å²) >= 11 is 1.45. The smallest absolute Gasteiger partial charge is 0.311 e. The van der Waals surface area contributed by atoms with Gasteiger partial charge < -0.3 is 23.0 Å². The van der Waals surface area contributed by atoms with Gasteiger partial charge in [-0.1, -0.05) is 17.7 Å². The zero-order chi connectivity index (χ0) is 35.2. The molecule has 0 aliphatic carbocycles. The second-order valence-electron chi connectivity index (χ2n) is 10.6. The van der Waals surface area contributed by atoms with Gasteiger partial charge in [-0.25, -0.2) is 0 Å². The predicted octanol–water partition coefficient (Wildman–Crippen LogP) is 10.7. The van der Waals surface area contributed by atoms with Gasteiger partial charge in [0.15, 0.2) is 0 Å². The van der Waals surface area contributed by atoms with E-state index < -0.39 is 15.2 Å². The molecule has 0 saturated heterocycles. The van der Waals surface area contributed by atoms with Gasteiger partial charge in [0.2, 0.25) is 0 Å². The molecule has 0 amide bonds. The van der Waals surface area contributed by atoms with Gasteiger partial charge >= 0.3 is 15.2 Å². The van der Waals surface area contributed by atoms with E-state index in [9.17, 15) is 18.7 Å². The lowest BCUT2D eigenvalue weighted by Gasteiger charge is -2.25. The van der Waals surface area contributed by atoms with Gasteiger partial charge in [0, 0.05) is 37.9 Å². The number of benzene rings is 3. The highest BCUT2D eigenvalue weighted by atomic mass is 32.1. The largest absolute Gasteiger partial charge is 0.335 e. The first-order valence-corrected chi connectivity index (χ1v) is 20.1. The summed E-state index contributed by atoms with van der Waals surface area (Å²) in [5.74, 6) is 0. The molecule has 1 aromatic heterocycles. The van der Waals surface area contributed by atoms with Gasteiger partial charge in [-0.05, 0) is 114 Å². The van der Waals surface area contributed by atoms with E-state index in [1.807, 2.05) is 44.2 Å². The maximum absolute atomic E-state index is 12.7. The van der Waals surface area contributed by atoms with Crippen LogP contribution >= 0.6 is 26.5 Å². The minimum Gasteiger partial charge on any atom is -0.311 e. The van der Waals surface area contributed by atoms with Crippen LogP contribution < -0.4 is 4.90 Å². The highest BCUT2D eigenvalue weighted by Gasteiger charge is 2.29. The molecule has 0 spiro atoms. The Morgan fingerprint density at radius 3 is 1.35 bits per heavy atom. The minimum atomic E-state index is -3.15. The monoisotopic (exact) mass is 713 g/mol. The molecule has 4 rings (SSSR count). The summed E-state index contributed by atoms with van der Waals surface area (Å²) in [4.78, 5) is 25.7. The first-order chi connectivity index (χ1) is 23.0. The molecule has 0 saturated carbocycles. The molecule has 0 fully saturated rings. The summed E-state index contributed by atoms with van der Waals surface area (Å²) in [5.41, 5.74) is 6.35. The number of hydrogen-bond acceptors (Lipinski definition) is 10. The summed E-state index contributed by atoms with van der Waals surface area (Å²) in [6.45, 7) is 12.5. The fourth-order valence-electron chi connectivity index (χ4n) is 4.78. The lowest BCUT2D eigenvalue weighted by molar-refractivity contribution is 0.111. The number of aryl methyl sites for hydroxylation is 2. The third kappa shape index (κ3) is 11.5. The van der Waals surface area contributed by atoms with E-state index in [0.29, 0.717) is 37.6 Å². The predicted molar refractivity (Wildman–Crippen MR) is 195 cm³/mol. The van der Waals surface area contributed by atoms with Crippen molar-refractivity contribution in [3.63, 3.8) is 0 Å². The van der Waals surface area contributed by atoms with Crippen molar-refractivity contribution >= 4 is 56.2 Å². The summed E-state index contributed by atoms with van der Waals surface area (Å²) in [6, 6.07) is 25.0. The van der Waals surface area contributed by atoms with Crippen LogP contribution in [0, 0.1) is 13.8 Å². The molecular formula is C36H45NO8P2S. The Morgan fingerprint density at radius 2 is 0.979 bits per heavy atom. The maximum Gasteiger partial charge on any atom is 0.335 e. The zero-order valence-corrected chi connectivity index (χ0v) is 31.0. The molecule has 0 atom stereocenters. The van der Waals surface area contributed by atoms with Crippen LogP contribution in [-0.2, 0) is 39.5 Å². The van der Waals surface area contributed by atoms with Crippen LogP contribution in [0.3, 0.4) is 0 Å². The molecule has 258 valence electrons. The molecule has 0 N–H and O–H groups in total. The Balaban J connectivity index is 0.000000260. The van der Waals surface area contributed by atoms with Gasteiger partial charge in [-0.3, -0.25) is 18.7 Å². The second-order valence-corrected chi connectivity index (χ2v) is 15.9. The molecular weight excluding hydrogens is 668 g/mol. The van der Waals surface area contributed by atoms with Crippen molar-refractivity contribution in [3.05, 3.63) is 111 Å². The van der Waals surface area contributed by atoms with Crippen molar-refractivity contribution in [1.29, 1.82) is 0 Å². The molecule has 1 heterocycles. The lowest BCUT2D eigenvalue weighted by Crippen LogP contribution is -2.10. The highest BCUT2D eigenvalue weighted by molar-refractivity contribution is 7.54. The van der Waals surface area contributed by atoms with Crippen molar-refractivity contribution in [2.45, 2.75) is 53.9 Å². The SMILES string of the molecule is CCOP(=O)(Cc1cc(C)c(CP(=O)(OCC)OCC)s1)OCC.Cc1ccc(N(c2ccc(C=O)cc2)c2ccc(C=O)cc2)cc1. The van der Waals surface area contributed by atoms with E-state index >= 15 is 0 Å². The van der Waals surface area contributed by atoms with Crippen LogP contribution in [0.5, 0.6) is 0 Å². The van der Waals surface area contributed by atoms with E-state index in [-0.39, 0.29) is 12.3 Å². The number of nitrogens with zero attached hydrogens (tertiary/aromatic N) is 1. The molecule has 0 bridgehead atoms. The number of hydrogen-bond donors (Lipinski definition) is 0. The molecule has 12 heteroatoms. The Labute approximate surface area is 288 Å². The molecule has 0 aliphatic rings. The van der Waals surface area contributed by atoms with E-state index in [4.69, 9.17) is 18.1 Å². The molecule has 0 aliphatic heterocycles. The third-order valence-electron chi connectivity index (χ3n) is 6.93. The zero-order valence-electron chi connectivity index (χ0n) is 28.4.